The molecular weight excluding hydrogens is 346 g/mol. The van der Waals surface area contributed by atoms with Crippen LogP contribution < -0.4 is 10.1 Å². The highest BCUT2D eigenvalue weighted by Crippen LogP contribution is 2.41. The number of pyridine rings is 1. The van der Waals surface area contributed by atoms with Crippen molar-refractivity contribution in [1.82, 2.24) is 9.55 Å². The van der Waals surface area contributed by atoms with Gasteiger partial charge in [0.1, 0.15) is 11.3 Å². The van der Waals surface area contributed by atoms with Crippen molar-refractivity contribution in [2.24, 2.45) is 0 Å². The molecule has 1 amide bonds. The molecule has 136 valence electrons. The average molecular weight is 363 g/mol. The third kappa shape index (κ3) is 2.93. The van der Waals surface area contributed by atoms with Crippen LogP contribution in [0.2, 0.25) is 0 Å². The minimum absolute atomic E-state index is 0.0555. The van der Waals surface area contributed by atoms with Gasteiger partial charge >= 0.3 is 5.97 Å². The topological polar surface area (TPSA) is 93.4 Å². The van der Waals surface area contributed by atoms with Crippen LogP contribution in [0.4, 0.5) is 5.69 Å². The van der Waals surface area contributed by atoms with Crippen LogP contribution >= 0.6 is 0 Å². The maximum Gasteiger partial charge on any atom is 0.339 e. The van der Waals surface area contributed by atoms with E-state index in [2.05, 4.69) is 10.3 Å². The maximum atomic E-state index is 12.3. The van der Waals surface area contributed by atoms with Crippen LogP contribution in [0.5, 0.6) is 5.75 Å². The standard InChI is InChI=1S/C20H17N3O4/c1-27-14-4-2-3-13(9-14)23-11-16(20(25)26)18-19(23)15(10-17(24)22-18)12-5-7-21-8-6-12/h2-9,11,15H,10H2,1H3,(H,22,24)(H,25,26)/t15-/m1/s1. The summed E-state index contributed by atoms with van der Waals surface area (Å²) < 4.78 is 7.11. The highest BCUT2D eigenvalue weighted by Gasteiger charge is 2.34. The number of methoxy groups -OCH3 is 1. The number of carbonyl (C=O) groups excluding carboxylic acids is 1. The SMILES string of the molecule is COc1cccc(-n2cc(C(=O)O)c3c2[C@@H](c2ccncc2)CC(=O)N3)c1. The molecule has 7 nitrogen and oxygen atoms in total. The number of hydrogen-bond acceptors (Lipinski definition) is 4. The second-order valence-corrected chi connectivity index (χ2v) is 6.27. The molecule has 2 N–H and O–H groups in total. The summed E-state index contributed by atoms with van der Waals surface area (Å²) in [5.74, 6) is -0.929. The first-order valence-corrected chi connectivity index (χ1v) is 8.41. The molecule has 0 unspecified atom stereocenters. The molecule has 1 atom stereocenters. The molecule has 1 aliphatic rings. The predicted octanol–water partition coefficient (Wildman–Crippen LogP) is 3.05. The van der Waals surface area contributed by atoms with Crippen molar-refractivity contribution in [2.75, 3.05) is 12.4 Å². The lowest BCUT2D eigenvalue weighted by atomic mass is 9.89. The van der Waals surface area contributed by atoms with Gasteiger partial charge in [-0.25, -0.2) is 4.79 Å². The molecule has 0 radical (unpaired) electrons. The van der Waals surface area contributed by atoms with E-state index in [0.29, 0.717) is 11.4 Å². The zero-order chi connectivity index (χ0) is 19.0. The first-order chi connectivity index (χ1) is 13.1. The number of rotatable bonds is 4. The van der Waals surface area contributed by atoms with E-state index in [9.17, 15) is 14.7 Å². The lowest BCUT2D eigenvalue weighted by Crippen LogP contribution is -2.25. The fraction of sp³-hybridized carbons (Fsp3) is 0.150. The van der Waals surface area contributed by atoms with E-state index in [0.717, 1.165) is 16.9 Å². The Hall–Kier alpha value is -3.61. The largest absolute Gasteiger partial charge is 0.497 e. The Kier molecular flexibility index (Phi) is 4.12. The van der Waals surface area contributed by atoms with Crippen LogP contribution in [0, 0.1) is 0 Å². The zero-order valence-electron chi connectivity index (χ0n) is 14.5. The summed E-state index contributed by atoms with van der Waals surface area (Å²) in [6, 6.07) is 11.0. The number of carboxylic acid groups (broad SMARTS) is 1. The summed E-state index contributed by atoms with van der Waals surface area (Å²) in [5.41, 5.74) is 2.78. The molecule has 1 aromatic carbocycles. The minimum atomic E-state index is -1.09. The van der Waals surface area contributed by atoms with E-state index in [1.165, 1.54) is 0 Å². The Bertz CT molecular complexity index is 1030. The molecule has 3 aromatic rings. The summed E-state index contributed by atoms with van der Waals surface area (Å²) in [7, 11) is 1.58. The molecular formula is C20H17N3O4. The Morgan fingerprint density at radius 2 is 2.07 bits per heavy atom. The van der Waals surface area contributed by atoms with Crippen molar-refractivity contribution in [3.05, 3.63) is 71.8 Å². The molecule has 0 fully saturated rings. The van der Waals surface area contributed by atoms with E-state index < -0.39 is 5.97 Å². The molecule has 0 bridgehead atoms. The molecule has 1 aliphatic heterocycles. The zero-order valence-corrected chi connectivity index (χ0v) is 14.5. The molecule has 0 saturated heterocycles. The fourth-order valence-electron chi connectivity index (χ4n) is 3.48. The normalized spacial score (nSPS) is 15.7. The van der Waals surface area contributed by atoms with Gasteiger partial charge in [-0.1, -0.05) is 6.07 Å². The number of aromatic carboxylic acids is 1. The Morgan fingerprint density at radius 3 is 2.78 bits per heavy atom. The molecule has 0 saturated carbocycles. The predicted molar refractivity (Wildman–Crippen MR) is 98.6 cm³/mol. The lowest BCUT2D eigenvalue weighted by Gasteiger charge is -2.26. The summed E-state index contributed by atoms with van der Waals surface area (Å²) in [4.78, 5) is 28.1. The summed E-state index contributed by atoms with van der Waals surface area (Å²) in [6.45, 7) is 0. The van der Waals surface area contributed by atoms with Gasteiger partial charge in [0.15, 0.2) is 0 Å². The number of carbonyl (C=O) groups is 2. The molecule has 3 heterocycles. The summed E-state index contributed by atoms with van der Waals surface area (Å²) in [5, 5.41) is 12.4. The number of carboxylic acids is 1. The van der Waals surface area contributed by atoms with E-state index >= 15 is 0 Å². The smallest absolute Gasteiger partial charge is 0.339 e. The van der Waals surface area contributed by atoms with Gasteiger partial charge in [-0.3, -0.25) is 9.78 Å². The Balaban J connectivity index is 1.97. The number of nitrogens with zero attached hydrogens (tertiary/aromatic N) is 2. The third-order valence-electron chi connectivity index (χ3n) is 4.70. The quantitative estimate of drug-likeness (QED) is 0.743. The molecule has 2 aromatic heterocycles. The van der Waals surface area contributed by atoms with Crippen LogP contribution in [0.15, 0.2) is 55.0 Å². The van der Waals surface area contributed by atoms with Gasteiger partial charge in [0.2, 0.25) is 5.91 Å². The number of ether oxygens (including phenoxy) is 1. The second-order valence-electron chi connectivity index (χ2n) is 6.27. The third-order valence-corrected chi connectivity index (χ3v) is 4.70. The monoisotopic (exact) mass is 363 g/mol. The lowest BCUT2D eigenvalue weighted by molar-refractivity contribution is -0.116. The Morgan fingerprint density at radius 1 is 1.30 bits per heavy atom. The van der Waals surface area contributed by atoms with Crippen LogP contribution in [0.3, 0.4) is 0 Å². The number of anilines is 1. The van der Waals surface area contributed by atoms with Crippen molar-refractivity contribution in [1.29, 1.82) is 0 Å². The first kappa shape index (κ1) is 16.8. The van der Waals surface area contributed by atoms with Gasteiger partial charge in [0, 0.05) is 42.7 Å². The molecule has 0 spiro atoms. The highest BCUT2D eigenvalue weighted by molar-refractivity contribution is 6.04. The van der Waals surface area contributed by atoms with E-state index in [4.69, 9.17) is 4.74 Å². The Labute approximate surface area is 155 Å². The number of nitrogens with one attached hydrogen (secondary N) is 1. The van der Waals surface area contributed by atoms with Crippen LogP contribution in [0.25, 0.3) is 5.69 Å². The van der Waals surface area contributed by atoms with Crippen LogP contribution in [-0.4, -0.2) is 33.6 Å². The van der Waals surface area contributed by atoms with Crippen molar-refractivity contribution in [3.63, 3.8) is 0 Å². The molecule has 7 heteroatoms. The molecule has 4 rings (SSSR count). The number of benzene rings is 1. The fourth-order valence-corrected chi connectivity index (χ4v) is 3.48. The van der Waals surface area contributed by atoms with E-state index in [1.807, 2.05) is 41.0 Å². The highest BCUT2D eigenvalue weighted by atomic mass is 16.5. The van der Waals surface area contributed by atoms with E-state index in [1.54, 1.807) is 25.7 Å². The van der Waals surface area contributed by atoms with Crippen molar-refractivity contribution in [2.45, 2.75) is 12.3 Å². The van der Waals surface area contributed by atoms with Crippen LogP contribution in [-0.2, 0) is 4.79 Å². The van der Waals surface area contributed by atoms with E-state index in [-0.39, 0.29) is 23.8 Å². The van der Waals surface area contributed by atoms with Gasteiger partial charge in [0.25, 0.3) is 0 Å². The van der Waals surface area contributed by atoms with Gasteiger partial charge in [-0.15, -0.1) is 0 Å². The first-order valence-electron chi connectivity index (χ1n) is 8.41. The summed E-state index contributed by atoms with van der Waals surface area (Å²) in [6.07, 6.45) is 5.10. The van der Waals surface area contributed by atoms with Crippen molar-refractivity contribution < 1.29 is 19.4 Å². The van der Waals surface area contributed by atoms with Gasteiger partial charge < -0.3 is 19.7 Å². The van der Waals surface area contributed by atoms with Crippen molar-refractivity contribution in [3.8, 4) is 11.4 Å². The average Bonchev–Trinajstić information content (AvgIpc) is 3.07. The summed E-state index contributed by atoms with van der Waals surface area (Å²) >= 11 is 0. The molecule has 0 aliphatic carbocycles. The van der Waals surface area contributed by atoms with Gasteiger partial charge in [-0.05, 0) is 29.8 Å². The van der Waals surface area contributed by atoms with Gasteiger partial charge in [0.05, 0.1) is 18.5 Å². The second kappa shape index (κ2) is 6.60. The molecule has 27 heavy (non-hydrogen) atoms. The van der Waals surface area contributed by atoms with Crippen LogP contribution in [0.1, 0.15) is 34.0 Å². The number of hydrogen-bond donors (Lipinski definition) is 2. The number of aromatic nitrogens is 2. The minimum Gasteiger partial charge on any atom is -0.497 e. The number of amides is 1. The van der Waals surface area contributed by atoms with Crippen molar-refractivity contribution >= 4 is 17.6 Å². The van der Waals surface area contributed by atoms with Gasteiger partial charge in [-0.2, -0.15) is 0 Å². The maximum absolute atomic E-state index is 12.3. The number of fused-ring (bicyclic) bond motifs is 1.